The molecule has 7 nitrogen and oxygen atoms in total. The number of likely N-dealkylation sites (tertiary alicyclic amines) is 1. The van der Waals surface area contributed by atoms with E-state index >= 15 is 0 Å². The Balaban J connectivity index is 1.24. The average molecular weight is 405 g/mol. The zero-order chi connectivity index (χ0) is 20.3. The second-order valence-corrected chi connectivity index (χ2v) is 7.53. The molecule has 0 saturated carbocycles. The molecule has 1 atom stereocenters. The summed E-state index contributed by atoms with van der Waals surface area (Å²) in [7, 11) is 0. The van der Waals surface area contributed by atoms with Gasteiger partial charge in [-0.3, -0.25) is 4.79 Å². The average Bonchev–Trinajstić information content (AvgIpc) is 3.48. The summed E-state index contributed by atoms with van der Waals surface area (Å²) in [6.07, 6.45) is 2.72. The minimum atomic E-state index is 0.0656. The first kappa shape index (κ1) is 18.7. The van der Waals surface area contributed by atoms with Crippen LogP contribution in [0, 0.1) is 0 Å². The Morgan fingerprint density at radius 3 is 2.77 bits per heavy atom. The number of aryl methyl sites for hydroxylation is 1. The number of amides is 1. The molecule has 5 rings (SSSR count). The predicted molar refractivity (Wildman–Crippen MR) is 109 cm³/mol. The van der Waals surface area contributed by atoms with Crippen LogP contribution in [-0.2, 0) is 11.2 Å². The molecule has 0 N–H and O–H groups in total. The van der Waals surface area contributed by atoms with Crippen molar-refractivity contribution >= 4 is 5.91 Å². The van der Waals surface area contributed by atoms with Crippen molar-refractivity contribution in [1.82, 2.24) is 15.0 Å². The number of hydrogen-bond acceptors (Lipinski definition) is 6. The highest BCUT2D eigenvalue weighted by Gasteiger charge is 2.30. The second kappa shape index (κ2) is 8.18. The van der Waals surface area contributed by atoms with Gasteiger partial charge in [0.25, 0.3) is 0 Å². The van der Waals surface area contributed by atoms with Gasteiger partial charge in [0.2, 0.25) is 17.6 Å². The zero-order valence-corrected chi connectivity index (χ0v) is 16.6. The van der Waals surface area contributed by atoms with Gasteiger partial charge in [-0.15, -0.1) is 0 Å². The maximum absolute atomic E-state index is 12.9. The molecule has 30 heavy (non-hydrogen) atoms. The largest absolute Gasteiger partial charge is 0.486 e. The standard InChI is InChI=1S/C23H23N3O4/c27-22(11-10-21-24-23(25-30-21)16-5-2-1-3-6-16)26-12-4-7-18(26)17-8-9-19-20(15-17)29-14-13-28-19/h1-3,5-6,8-9,15,18H,4,7,10-14H2/t18-/m1/s1. The molecule has 1 fully saturated rings. The van der Waals surface area contributed by atoms with E-state index in [1.165, 1.54) is 0 Å². The number of benzene rings is 2. The van der Waals surface area contributed by atoms with Crippen LogP contribution in [0.2, 0.25) is 0 Å². The van der Waals surface area contributed by atoms with Crippen molar-refractivity contribution < 1.29 is 18.8 Å². The summed E-state index contributed by atoms with van der Waals surface area (Å²) < 4.78 is 16.7. The molecule has 2 aliphatic rings. The minimum absolute atomic E-state index is 0.0656. The van der Waals surface area contributed by atoms with E-state index < -0.39 is 0 Å². The van der Waals surface area contributed by atoms with Gasteiger partial charge in [-0.1, -0.05) is 41.6 Å². The molecule has 0 aliphatic carbocycles. The molecule has 2 aromatic carbocycles. The van der Waals surface area contributed by atoms with Gasteiger partial charge in [-0.25, -0.2) is 0 Å². The lowest BCUT2D eigenvalue weighted by Crippen LogP contribution is -2.30. The Kier molecular flexibility index (Phi) is 5.09. The van der Waals surface area contributed by atoms with Gasteiger partial charge in [0.1, 0.15) is 13.2 Å². The maximum Gasteiger partial charge on any atom is 0.227 e. The Morgan fingerprint density at radius 2 is 1.90 bits per heavy atom. The number of rotatable bonds is 5. The van der Waals surface area contributed by atoms with E-state index in [0.29, 0.717) is 37.8 Å². The van der Waals surface area contributed by atoms with Crippen LogP contribution in [0.5, 0.6) is 11.5 Å². The Bertz CT molecular complexity index is 1030. The predicted octanol–water partition coefficient (Wildman–Crippen LogP) is 3.80. The number of nitrogens with zero attached hydrogens (tertiary/aromatic N) is 3. The summed E-state index contributed by atoms with van der Waals surface area (Å²) in [4.78, 5) is 19.3. The van der Waals surface area contributed by atoms with Crippen LogP contribution < -0.4 is 9.47 Å². The van der Waals surface area contributed by atoms with E-state index in [4.69, 9.17) is 14.0 Å². The molecule has 0 radical (unpaired) electrons. The highest BCUT2D eigenvalue weighted by molar-refractivity contribution is 5.77. The molecule has 7 heteroatoms. The molecule has 3 heterocycles. The van der Waals surface area contributed by atoms with Gasteiger partial charge >= 0.3 is 0 Å². The van der Waals surface area contributed by atoms with E-state index in [0.717, 1.165) is 42.0 Å². The molecule has 1 aromatic heterocycles. The fourth-order valence-corrected chi connectivity index (χ4v) is 4.10. The lowest BCUT2D eigenvalue weighted by molar-refractivity contribution is -0.132. The molecular formula is C23H23N3O4. The summed E-state index contributed by atoms with van der Waals surface area (Å²) in [5.41, 5.74) is 1.99. The van der Waals surface area contributed by atoms with Crippen LogP contribution in [0.1, 0.15) is 36.8 Å². The maximum atomic E-state index is 12.9. The molecule has 0 spiro atoms. The highest BCUT2D eigenvalue weighted by Crippen LogP contribution is 2.38. The first-order valence-corrected chi connectivity index (χ1v) is 10.3. The van der Waals surface area contributed by atoms with Gasteiger partial charge in [-0.05, 0) is 30.5 Å². The fourth-order valence-electron chi connectivity index (χ4n) is 4.10. The van der Waals surface area contributed by atoms with E-state index in [9.17, 15) is 4.79 Å². The van der Waals surface area contributed by atoms with Crippen LogP contribution in [-0.4, -0.2) is 40.7 Å². The van der Waals surface area contributed by atoms with Crippen molar-refractivity contribution in [3.05, 3.63) is 60.0 Å². The fraction of sp³-hybridized carbons (Fsp3) is 0.348. The van der Waals surface area contributed by atoms with Crippen LogP contribution in [0.4, 0.5) is 0 Å². The van der Waals surface area contributed by atoms with Crippen LogP contribution in [0.15, 0.2) is 53.1 Å². The topological polar surface area (TPSA) is 77.7 Å². The number of carbonyl (C=O) groups is 1. The lowest BCUT2D eigenvalue weighted by Gasteiger charge is -2.26. The summed E-state index contributed by atoms with van der Waals surface area (Å²) in [5, 5.41) is 4.03. The van der Waals surface area contributed by atoms with E-state index in [2.05, 4.69) is 10.1 Å². The van der Waals surface area contributed by atoms with Gasteiger partial charge in [0, 0.05) is 24.9 Å². The van der Waals surface area contributed by atoms with Crippen LogP contribution in [0.3, 0.4) is 0 Å². The Hall–Kier alpha value is -3.35. The summed E-state index contributed by atoms with van der Waals surface area (Å²) >= 11 is 0. The third-order valence-corrected chi connectivity index (χ3v) is 5.58. The molecule has 2 aliphatic heterocycles. The molecule has 0 unspecified atom stereocenters. The minimum Gasteiger partial charge on any atom is -0.486 e. The highest BCUT2D eigenvalue weighted by atomic mass is 16.6. The van der Waals surface area contributed by atoms with Gasteiger partial charge in [0.15, 0.2) is 11.5 Å². The molecule has 3 aromatic rings. The van der Waals surface area contributed by atoms with Crippen molar-refractivity contribution in [3.8, 4) is 22.9 Å². The number of ether oxygens (including phenoxy) is 2. The zero-order valence-electron chi connectivity index (χ0n) is 16.6. The van der Waals surface area contributed by atoms with Crippen molar-refractivity contribution in [1.29, 1.82) is 0 Å². The second-order valence-electron chi connectivity index (χ2n) is 7.53. The molecule has 0 bridgehead atoms. The van der Waals surface area contributed by atoms with Gasteiger partial charge in [0.05, 0.1) is 6.04 Å². The van der Waals surface area contributed by atoms with Crippen molar-refractivity contribution in [2.24, 2.45) is 0 Å². The van der Waals surface area contributed by atoms with Gasteiger partial charge in [-0.2, -0.15) is 4.98 Å². The SMILES string of the molecule is O=C(CCc1nc(-c2ccccc2)no1)N1CCC[C@@H]1c1ccc2c(c1)OCCO2. The summed E-state index contributed by atoms with van der Waals surface area (Å²) in [5.74, 6) is 2.67. The third-order valence-electron chi connectivity index (χ3n) is 5.58. The summed E-state index contributed by atoms with van der Waals surface area (Å²) in [6.45, 7) is 1.89. The van der Waals surface area contributed by atoms with E-state index in [1.54, 1.807) is 0 Å². The van der Waals surface area contributed by atoms with Gasteiger partial charge < -0.3 is 18.9 Å². The van der Waals surface area contributed by atoms with Crippen molar-refractivity contribution in [3.63, 3.8) is 0 Å². The molecular weight excluding hydrogens is 382 g/mol. The normalized spacial score (nSPS) is 17.9. The quantitative estimate of drug-likeness (QED) is 0.642. The Labute approximate surface area is 174 Å². The first-order valence-electron chi connectivity index (χ1n) is 10.3. The van der Waals surface area contributed by atoms with E-state index in [-0.39, 0.29) is 11.9 Å². The Morgan fingerprint density at radius 1 is 1.07 bits per heavy atom. The van der Waals surface area contributed by atoms with Crippen LogP contribution in [0.25, 0.3) is 11.4 Å². The first-order chi connectivity index (χ1) is 14.8. The van der Waals surface area contributed by atoms with E-state index in [1.807, 2.05) is 53.4 Å². The van der Waals surface area contributed by atoms with Crippen molar-refractivity contribution in [2.45, 2.75) is 31.7 Å². The molecule has 1 amide bonds. The molecule has 154 valence electrons. The summed E-state index contributed by atoms with van der Waals surface area (Å²) in [6, 6.07) is 15.7. The third kappa shape index (κ3) is 3.75. The molecule has 1 saturated heterocycles. The van der Waals surface area contributed by atoms with Crippen LogP contribution >= 0.6 is 0 Å². The monoisotopic (exact) mass is 405 g/mol. The number of aromatic nitrogens is 2. The van der Waals surface area contributed by atoms with Crippen molar-refractivity contribution in [2.75, 3.05) is 19.8 Å². The number of fused-ring (bicyclic) bond motifs is 1. The number of carbonyl (C=O) groups excluding carboxylic acids is 1. The lowest BCUT2D eigenvalue weighted by atomic mass is 10.0. The smallest absolute Gasteiger partial charge is 0.227 e. The number of hydrogen-bond donors (Lipinski definition) is 0.